The number of anilines is 1. The molecule has 0 fully saturated rings. The Labute approximate surface area is 103 Å². The first-order valence-electron chi connectivity index (χ1n) is 4.93. The Morgan fingerprint density at radius 3 is 2.88 bits per heavy atom. The lowest BCUT2D eigenvalue weighted by molar-refractivity contribution is 0.198. The van der Waals surface area contributed by atoms with Gasteiger partial charge in [-0.3, -0.25) is 0 Å². The van der Waals surface area contributed by atoms with Gasteiger partial charge in [-0.15, -0.1) is 0 Å². The first-order chi connectivity index (χ1) is 7.63. The van der Waals surface area contributed by atoms with Gasteiger partial charge in [0, 0.05) is 18.1 Å². The third kappa shape index (κ3) is 4.20. The van der Waals surface area contributed by atoms with Crippen LogP contribution in [0.2, 0.25) is 0 Å². The molecule has 0 spiro atoms. The van der Waals surface area contributed by atoms with Gasteiger partial charge in [0.15, 0.2) is 0 Å². The summed E-state index contributed by atoms with van der Waals surface area (Å²) < 4.78 is 5.70. The average Bonchev–Trinajstić information content (AvgIpc) is 2.23. The summed E-state index contributed by atoms with van der Waals surface area (Å²) in [4.78, 5) is 11.4. The zero-order valence-corrected chi connectivity index (χ0v) is 10.9. The maximum atomic E-state index is 11.4. The predicted molar refractivity (Wildman–Crippen MR) is 67.8 cm³/mol. The minimum Gasteiger partial charge on any atom is -0.383 e. The lowest BCUT2D eigenvalue weighted by atomic mass is 10.2. The number of ether oxygens (including phenoxy) is 1. The fourth-order valence-electron chi connectivity index (χ4n) is 1.15. The Bertz CT molecular complexity index is 369. The Morgan fingerprint density at radius 2 is 2.25 bits per heavy atom. The first kappa shape index (κ1) is 13.0. The molecule has 1 aromatic rings. The molecule has 0 unspecified atom stereocenters. The average molecular weight is 287 g/mol. The monoisotopic (exact) mass is 286 g/mol. The molecular formula is C11H15BrN2O2. The first-order valence-corrected chi connectivity index (χ1v) is 5.72. The van der Waals surface area contributed by atoms with E-state index >= 15 is 0 Å². The van der Waals surface area contributed by atoms with Crippen molar-refractivity contribution in [3.8, 4) is 0 Å². The minimum atomic E-state index is -0.235. The number of carbonyl (C=O) groups is 1. The number of rotatable bonds is 4. The van der Waals surface area contributed by atoms with E-state index < -0.39 is 0 Å². The standard InChI is InChI=1S/C11H15BrN2O2/c1-8-3-4-10(9(12)7-8)14-11(15)13-5-6-16-2/h3-4,7H,5-6H2,1-2H3,(H2,13,14,15). The quantitative estimate of drug-likeness (QED) is 0.836. The zero-order chi connectivity index (χ0) is 12.0. The number of amides is 2. The van der Waals surface area contributed by atoms with E-state index in [4.69, 9.17) is 4.74 Å². The summed E-state index contributed by atoms with van der Waals surface area (Å²) >= 11 is 3.39. The van der Waals surface area contributed by atoms with Crippen molar-refractivity contribution < 1.29 is 9.53 Å². The van der Waals surface area contributed by atoms with Crippen molar-refractivity contribution in [1.82, 2.24) is 5.32 Å². The molecule has 0 aliphatic carbocycles. The van der Waals surface area contributed by atoms with Gasteiger partial charge in [-0.05, 0) is 40.5 Å². The topological polar surface area (TPSA) is 50.4 Å². The highest BCUT2D eigenvalue weighted by Crippen LogP contribution is 2.22. The molecule has 4 nitrogen and oxygen atoms in total. The van der Waals surface area contributed by atoms with Gasteiger partial charge in [-0.2, -0.15) is 0 Å². The fourth-order valence-corrected chi connectivity index (χ4v) is 1.75. The third-order valence-electron chi connectivity index (χ3n) is 1.96. The van der Waals surface area contributed by atoms with Crippen LogP contribution in [0.5, 0.6) is 0 Å². The highest BCUT2D eigenvalue weighted by molar-refractivity contribution is 9.10. The summed E-state index contributed by atoms with van der Waals surface area (Å²) in [6.45, 7) is 2.99. The van der Waals surface area contributed by atoms with Crippen LogP contribution in [0.25, 0.3) is 0 Å². The van der Waals surface area contributed by atoms with Gasteiger partial charge in [-0.1, -0.05) is 6.07 Å². The Morgan fingerprint density at radius 1 is 1.50 bits per heavy atom. The summed E-state index contributed by atoms with van der Waals surface area (Å²) in [5.74, 6) is 0. The van der Waals surface area contributed by atoms with E-state index in [2.05, 4.69) is 26.6 Å². The number of hydrogen-bond acceptors (Lipinski definition) is 2. The molecular weight excluding hydrogens is 272 g/mol. The molecule has 0 saturated heterocycles. The maximum Gasteiger partial charge on any atom is 0.319 e. The van der Waals surface area contributed by atoms with E-state index in [9.17, 15) is 4.79 Å². The van der Waals surface area contributed by atoms with Crippen LogP contribution in [0.1, 0.15) is 5.56 Å². The van der Waals surface area contributed by atoms with E-state index in [-0.39, 0.29) is 6.03 Å². The van der Waals surface area contributed by atoms with Crippen molar-refractivity contribution >= 4 is 27.6 Å². The number of carbonyl (C=O) groups excluding carboxylic acids is 1. The van der Waals surface area contributed by atoms with Crippen LogP contribution in [-0.2, 0) is 4.74 Å². The molecule has 2 amide bonds. The lowest BCUT2D eigenvalue weighted by Crippen LogP contribution is -2.31. The second kappa shape index (κ2) is 6.50. The van der Waals surface area contributed by atoms with Crippen LogP contribution in [0.3, 0.4) is 0 Å². The van der Waals surface area contributed by atoms with Gasteiger partial charge in [0.2, 0.25) is 0 Å². The van der Waals surface area contributed by atoms with Crippen LogP contribution in [0, 0.1) is 6.92 Å². The molecule has 0 atom stereocenters. The maximum absolute atomic E-state index is 11.4. The molecule has 0 heterocycles. The Kier molecular flexibility index (Phi) is 5.28. The SMILES string of the molecule is COCCNC(=O)Nc1ccc(C)cc1Br. The lowest BCUT2D eigenvalue weighted by Gasteiger charge is -2.09. The van der Waals surface area contributed by atoms with Crippen molar-refractivity contribution in [1.29, 1.82) is 0 Å². The van der Waals surface area contributed by atoms with Crippen molar-refractivity contribution in [3.63, 3.8) is 0 Å². The van der Waals surface area contributed by atoms with Crippen molar-refractivity contribution in [2.24, 2.45) is 0 Å². The van der Waals surface area contributed by atoms with E-state index in [0.717, 1.165) is 15.7 Å². The third-order valence-corrected chi connectivity index (χ3v) is 2.62. The highest BCUT2D eigenvalue weighted by atomic mass is 79.9. The van der Waals surface area contributed by atoms with Crippen LogP contribution in [-0.4, -0.2) is 26.3 Å². The molecule has 2 N–H and O–H groups in total. The van der Waals surface area contributed by atoms with E-state index in [1.54, 1.807) is 7.11 Å². The van der Waals surface area contributed by atoms with Crippen LogP contribution >= 0.6 is 15.9 Å². The summed E-state index contributed by atoms with van der Waals surface area (Å²) in [6, 6.07) is 5.51. The van der Waals surface area contributed by atoms with Gasteiger partial charge in [0.05, 0.1) is 12.3 Å². The molecule has 0 bridgehead atoms. The second-order valence-electron chi connectivity index (χ2n) is 3.36. The van der Waals surface area contributed by atoms with E-state index in [0.29, 0.717) is 13.2 Å². The summed E-state index contributed by atoms with van der Waals surface area (Å²) in [7, 11) is 1.59. The summed E-state index contributed by atoms with van der Waals surface area (Å²) in [6.07, 6.45) is 0. The van der Waals surface area contributed by atoms with Gasteiger partial charge in [0.1, 0.15) is 0 Å². The van der Waals surface area contributed by atoms with Gasteiger partial charge >= 0.3 is 6.03 Å². The van der Waals surface area contributed by atoms with E-state index in [1.807, 2.05) is 25.1 Å². The number of halogens is 1. The Balaban J connectivity index is 2.49. The normalized spacial score (nSPS) is 9.94. The van der Waals surface area contributed by atoms with Crippen molar-refractivity contribution in [2.75, 3.05) is 25.6 Å². The molecule has 0 radical (unpaired) electrons. The van der Waals surface area contributed by atoms with Crippen LogP contribution in [0.15, 0.2) is 22.7 Å². The summed E-state index contributed by atoms with van der Waals surface area (Å²) in [5, 5.41) is 5.42. The van der Waals surface area contributed by atoms with Crippen molar-refractivity contribution in [3.05, 3.63) is 28.2 Å². The Hall–Kier alpha value is -1.07. The van der Waals surface area contributed by atoms with Crippen LogP contribution in [0.4, 0.5) is 10.5 Å². The fraction of sp³-hybridized carbons (Fsp3) is 0.364. The molecule has 1 rings (SSSR count). The number of nitrogens with one attached hydrogen (secondary N) is 2. The molecule has 0 aliphatic heterocycles. The zero-order valence-electron chi connectivity index (χ0n) is 9.34. The van der Waals surface area contributed by atoms with Crippen LogP contribution < -0.4 is 10.6 Å². The highest BCUT2D eigenvalue weighted by Gasteiger charge is 2.04. The summed E-state index contributed by atoms with van der Waals surface area (Å²) in [5.41, 5.74) is 1.89. The number of urea groups is 1. The largest absolute Gasteiger partial charge is 0.383 e. The minimum absolute atomic E-state index is 0.235. The molecule has 1 aromatic carbocycles. The van der Waals surface area contributed by atoms with Crippen molar-refractivity contribution in [2.45, 2.75) is 6.92 Å². The molecule has 0 aliphatic rings. The second-order valence-corrected chi connectivity index (χ2v) is 4.21. The van der Waals surface area contributed by atoms with Gasteiger partial charge in [0.25, 0.3) is 0 Å². The smallest absolute Gasteiger partial charge is 0.319 e. The van der Waals surface area contributed by atoms with Gasteiger partial charge < -0.3 is 15.4 Å². The van der Waals surface area contributed by atoms with E-state index in [1.165, 1.54) is 0 Å². The number of methoxy groups -OCH3 is 1. The number of hydrogen-bond donors (Lipinski definition) is 2. The molecule has 5 heteroatoms. The number of benzene rings is 1. The number of aryl methyl sites for hydroxylation is 1. The van der Waals surface area contributed by atoms with Gasteiger partial charge in [-0.25, -0.2) is 4.79 Å². The molecule has 0 saturated carbocycles. The molecule has 0 aromatic heterocycles. The molecule has 16 heavy (non-hydrogen) atoms. The predicted octanol–water partition coefficient (Wildman–Crippen LogP) is 2.53. The molecule has 88 valence electrons.